The number of aromatic nitrogens is 2. The van der Waals surface area contributed by atoms with Gasteiger partial charge >= 0.3 is 0 Å². The summed E-state index contributed by atoms with van der Waals surface area (Å²) in [6.07, 6.45) is -0.985. The minimum absolute atomic E-state index is 0.0152. The van der Waals surface area contributed by atoms with Crippen molar-refractivity contribution >= 4 is 10.9 Å². The van der Waals surface area contributed by atoms with E-state index in [-0.39, 0.29) is 12.1 Å². The van der Waals surface area contributed by atoms with Gasteiger partial charge in [0.1, 0.15) is 17.1 Å². The Balaban J connectivity index is 2.66. The molecule has 1 aromatic carbocycles. The van der Waals surface area contributed by atoms with Crippen LogP contribution in [0.1, 0.15) is 5.82 Å². The number of fused-ring (bicyclic) bond motifs is 1. The highest BCUT2D eigenvalue weighted by Crippen LogP contribution is 2.21. The van der Waals surface area contributed by atoms with Crippen LogP contribution in [0.4, 0.5) is 0 Å². The number of rotatable bonds is 4. The number of aliphatic hydroxyl groups is 2. The average Bonchev–Trinajstić information content (AvgIpc) is 2.42. The van der Waals surface area contributed by atoms with Crippen LogP contribution < -0.4 is 10.3 Å². The first-order valence-corrected chi connectivity index (χ1v) is 5.91. The van der Waals surface area contributed by atoms with Gasteiger partial charge in [-0.3, -0.25) is 9.36 Å². The normalized spacial score (nSPS) is 12.6. The maximum Gasteiger partial charge on any atom is 0.261 e. The highest BCUT2D eigenvalue weighted by molar-refractivity contribution is 5.83. The fraction of sp³-hybridized carbons (Fsp3) is 0.385. The molecule has 0 radical (unpaired) electrons. The number of nitrogens with zero attached hydrogens (tertiary/aromatic N) is 2. The lowest BCUT2D eigenvalue weighted by molar-refractivity contribution is 0.0797. The fourth-order valence-corrected chi connectivity index (χ4v) is 1.97. The van der Waals surface area contributed by atoms with Crippen LogP contribution in [-0.2, 0) is 6.54 Å². The van der Waals surface area contributed by atoms with Crippen molar-refractivity contribution in [1.29, 1.82) is 0 Å². The van der Waals surface area contributed by atoms with E-state index in [1.54, 1.807) is 25.1 Å². The summed E-state index contributed by atoms with van der Waals surface area (Å²) in [4.78, 5) is 16.7. The van der Waals surface area contributed by atoms with Gasteiger partial charge in [0.25, 0.3) is 5.56 Å². The van der Waals surface area contributed by atoms with Crippen LogP contribution >= 0.6 is 0 Å². The molecule has 0 aliphatic rings. The van der Waals surface area contributed by atoms with Gasteiger partial charge in [0.2, 0.25) is 0 Å². The molecule has 0 saturated carbocycles. The lowest BCUT2D eigenvalue weighted by Gasteiger charge is -2.14. The molecule has 0 fully saturated rings. The molecular weight excluding hydrogens is 248 g/mol. The number of benzene rings is 1. The molecule has 2 N–H and O–H groups in total. The quantitative estimate of drug-likeness (QED) is 0.816. The summed E-state index contributed by atoms with van der Waals surface area (Å²) in [6, 6.07) is 5.11. The predicted molar refractivity (Wildman–Crippen MR) is 70.4 cm³/mol. The minimum Gasteiger partial charge on any atom is -0.494 e. The molecule has 19 heavy (non-hydrogen) atoms. The number of methoxy groups -OCH3 is 1. The lowest BCUT2D eigenvalue weighted by Crippen LogP contribution is -2.31. The molecule has 6 nitrogen and oxygen atoms in total. The Labute approximate surface area is 109 Å². The number of hydrogen-bond donors (Lipinski definition) is 2. The highest BCUT2D eigenvalue weighted by Gasteiger charge is 2.13. The monoisotopic (exact) mass is 264 g/mol. The molecule has 0 aliphatic carbocycles. The topological polar surface area (TPSA) is 84.6 Å². The van der Waals surface area contributed by atoms with Crippen LogP contribution in [0.3, 0.4) is 0 Å². The van der Waals surface area contributed by atoms with E-state index in [0.29, 0.717) is 22.5 Å². The molecule has 6 heteroatoms. The predicted octanol–water partition coefficient (Wildman–Crippen LogP) is 0.0667. The molecule has 2 aromatic rings. The molecule has 0 saturated heterocycles. The van der Waals surface area contributed by atoms with Crippen LogP contribution in [-0.4, -0.2) is 39.6 Å². The number of aliphatic hydroxyl groups excluding tert-OH is 2. The molecule has 2 rings (SSSR count). The summed E-state index contributed by atoms with van der Waals surface area (Å²) in [5, 5.41) is 18.8. The van der Waals surface area contributed by atoms with Crippen molar-refractivity contribution in [3.8, 4) is 5.75 Å². The molecule has 0 spiro atoms. The van der Waals surface area contributed by atoms with Crippen molar-refractivity contribution in [3.05, 3.63) is 34.4 Å². The van der Waals surface area contributed by atoms with Crippen molar-refractivity contribution < 1.29 is 14.9 Å². The van der Waals surface area contributed by atoms with E-state index in [1.807, 2.05) is 0 Å². The Morgan fingerprint density at radius 3 is 2.84 bits per heavy atom. The van der Waals surface area contributed by atoms with E-state index in [1.165, 1.54) is 11.7 Å². The standard InChI is InChI=1S/C13H16N2O4/c1-8-14-12-10(4-3-5-11(12)19-2)13(18)15(8)6-9(17)7-16/h3-5,9,16-17H,6-7H2,1-2H3/t9-/m0/s1. The summed E-state index contributed by atoms with van der Waals surface area (Å²) in [5.74, 6) is 1.00. The average molecular weight is 264 g/mol. The zero-order valence-electron chi connectivity index (χ0n) is 10.8. The molecule has 0 unspecified atom stereocenters. The van der Waals surface area contributed by atoms with Crippen molar-refractivity contribution in [3.63, 3.8) is 0 Å². The van der Waals surface area contributed by atoms with Crippen LogP contribution in [0.2, 0.25) is 0 Å². The zero-order valence-corrected chi connectivity index (χ0v) is 10.8. The first-order chi connectivity index (χ1) is 9.08. The molecule has 1 aromatic heterocycles. The van der Waals surface area contributed by atoms with Gasteiger partial charge in [-0.2, -0.15) is 0 Å². The number of aryl methyl sites for hydroxylation is 1. The fourth-order valence-electron chi connectivity index (χ4n) is 1.97. The third-order valence-corrected chi connectivity index (χ3v) is 2.96. The number of ether oxygens (including phenoxy) is 1. The van der Waals surface area contributed by atoms with Gasteiger partial charge < -0.3 is 14.9 Å². The summed E-state index contributed by atoms with van der Waals surface area (Å²) < 4.78 is 6.53. The third-order valence-electron chi connectivity index (χ3n) is 2.96. The van der Waals surface area contributed by atoms with E-state index in [0.717, 1.165) is 0 Å². The lowest BCUT2D eigenvalue weighted by atomic mass is 10.2. The second kappa shape index (κ2) is 5.38. The van der Waals surface area contributed by atoms with Crippen molar-refractivity contribution in [2.75, 3.05) is 13.7 Å². The van der Waals surface area contributed by atoms with Gasteiger partial charge in [-0.05, 0) is 19.1 Å². The van der Waals surface area contributed by atoms with Gasteiger partial charge in [-0.25, -0.2) is 4.98 Å². The summed E-state index contributed by atoms with van der Waals surface area (Å²) in [6.45, 7) is 1.29. The Bertz CT molecular complexity index is 651. The van der Waals surface area contributed by atoms with Gasteiger partial charge in [0.05, 0.1) is 31.8 Å². The SMILES string of the molecule is COc1cccc2c(=O)n(C[C@H](O)CO)c(C)nc12. The Hall–Kier alpha value is -1.92. The third kappa shape index (κ3) is 2.45. The van der Waals surface area contributed by atoms with E-state index in [2.05, 4.69) is 4.98 Å². The summed E-state index contributed by atoms with van der Waals surface area (Å²) in [7, 11) is 1.52. The van der Waals surface area contributed by atoms with Crippen molar-refractivity contribution in [2.45, 2.75) is 19.6 Å². The summed E-state index contributed by atoms with van der Waals surface area (Å²) >= 11 is 0. The van der Waals surface area contributed by atoms with E-state index in [9.17, 15) is 9.90 Å². The zero-order chi connectivity index (χ0) is 14.0. The van der Waals surface area contributed by atoms with Crippen LogP contribution in [0.25, 0.3) is 10.9 Å². The smallest absolute Gasteiger partial charge is 0.261 e. The van der Waals surface area contributed by atoms with Crippen LogP contribution in [0, 0.1) is 6.92 Å². The highest BCUT2D eigenvalue weighted by atomic mass is 16.5. The Morgan fingerprint density at radius 1 is 1.47 bits per heavy atom. The molecular formula is C13H16N2O4. The van der Waals surface area contributed by atoms with Crippen LogP contribution in [0.5, 0.6) is 5.75 Å². The Morgan fingerprint density at radius 2 is 2.21 bits per heavy atom. The second-order valence-corrected chi connectivity index (χ2v) is 4.27. The minimum atomic E-state index is -0.985. The molecule has 0 bridgehead atoms. The number of para-hydroxylation sites is 1. The van der Waals surface area contributed by atoms with Gasteiger partial charge in [-0.15, -0.1) is 0 Å². The van der Waals surface area contributed by atoms with E-state index >= 15 is 0 Å². The van der Waals surface area contributed by atoms with Crippen molar-refractivity contribution in [1.82, 2.24) is 9.55 Å². The van der Waals surface area contributed by atoms with E-state index < -0.39 is 12.7 Å². The summed E-state index contributed by atoms with van der Waals surface area (Å²) in [5.41, 5.74) is 0.246. The molecule has 102 valence electrons. The largest absolute Gasteiger partial charge is 0.494 e. The van der Waals surface area contributed by atoms with E-state index in [4.69, 9.17) is 9.84 Å². The molecule has 1 atom stereocenters. The maximum atomic E-state index is 12.3. The Kier molecular flexibility index (Phi) is 3.82. The molecule has 1 heterocycles. The number of hydrogen-bond acceptors (Lipinski definition) is 5. The van der Waals surface area contributed by atoms with Gasteiger partial charge in [0.15, 0.2) is 0 Å². The molecule has 0 aliphatic heterocycles. The second-order valence-electron chi connectivity index (χ2n) is 4.27. The first-order valence-electron chi connectivity index (χ1n) is 5.91. The van der Waals surface area contributed by atoms with Crippen LogP contribution in [0.15, 0.2) is 23.0 Å². The van der Waals surface area contributed by atoms with Gasteiger partial charge in [0, 0.05) is 0 Å². The maximum absolute atomic E-state index is 12.3. The van der Waals surface area contributed by atoms with Gasteiger partial charge in [-0.1, -0.05) is 6.07 Å². The van der Waals surface area contributed by atoms with Crippen molar-refractivity contribution in [2.24, 2.45) is 0 Å². The molecule has 0 amide bonds. The first kappa shape index (κ1) is 13.5.